The Morgan fingerprint density at radius 3 is 2.29 bits per heavy atom. The first-order chi connectivity index (χ1) is 11.7. The van der Waals surface area contributed by atoms with E-state index in [1.54, 1.807) is 0 Å². The first-order valence-corrected chi connectivity index (χ1v) is 8.99. The molecule has 0 aromatic heterocycles. The molecule has 2 aromatic carbocycles. The van der Waals surface area contributed by atoms with Crippen molar-refractivity contribution >= 4 is 5.97 Å². The molecule has 0 saturated carbocycles. The average Bonchev–Trinajstić information content (AvgIpc) is 2.65. The highest BCUT2D eigenvalue weighted by Crippen LogP contribution is 2.24. The summed E-state index contributed by atoms with van der Waals surface area (Å²) >= 11 is 0. The van der Waals surface area contributed by atoms with Crippen LogP contribution >= 0.6 is 0 Å². The van der Waals surface area contributed by atoms with Crippen molar-refractivity contribution in [3.05, 3.63) is 71.3 Å². The third-order valence-electron chi connectivity index (χ3n) is 4.65. The zero-order valence-corrected chi connectivity index (χ0v) is 15.0. The van der Waals surface area contributed by atoms with E-state index in [1.807, 2.05) is 42.5 Å². The molecule has 0 heterocycles. The van der Waals surface area contributed by atoms with Gasteiger partial charge in [0.25, 0.3) is 0 Å². The van der Waals surface area contributed by atoms with E-state index < -0.39 is 0 Å². The fraction of sp³-hybridized carbons (Fsp3) is 0.409. The quantitative estimate of drug-likeness (QED) is 0.576. The molecule has 24 heavy (non-hydrogen) atoms. The lowest BCUT2D eigenvalue weighted by atomic mass is 9.94. The number of ether oxygens (including phenoxy) is 1. The fourth-order valence-corrected chi connectivity index (χ4v) is 2.87. The van der Waals surface area contributed by atoms with Gasteiger partial charge in [0.1, 0.15) is 6.10 Å². The van der Waals surface area contributed by atoms with Crippen LogP contribution in [0, 0.1) is 0 Å². The van der Waals surface area contributed by atoms with Crippen LogP contribution in [-0.4, -0.2) is 12.1 Å². The van der Waals surface area contributed by atoms with Gasteiger partial charge in [0.15, 0.2) is 0 Å². The minimum Gasteiger partial charge on any atom is -0.459 e. The Morgan fingerprint density at radius 2 is 1.62 bits per heavy atom. The minimum atomic E-state index is -0.189. The van der Waals surface area contributed by atoms with Gasteiger partial charge in [-0.1, -0.05) is 69.3 Å². The summed E-state index contributed by atoms with van der Waals surface area (Å²) in [4.78, 5) is 12.6. The van der Waals surface area contributed by atoms with E-state index >= 15 is 0 Å². The molecule has 2 nitrogen and oxygen atoms in total. The zero-order valence-electron chi connectivity index (χ0n) is 15.0. The van der Waals surface area contributed by atoms with Gasteiger partial charge in [0, 0.05) is 0 Å². The predicted molar refractivity (Wildman–Crippen MR) is 99.4 cm³/mol. The van der Waals surface area contributed by atoms with Gasteiger partial charge in [0.2, 0.25) is 0 Å². The van der Waals surface area contributed by atoms with Crippen molar-refractivity contribution in [1.82, 2.24) is 0 Å². The molecule has 0 aliphatic carbocycles. The molecule has 0 bridgehead atoms. The summed E-state index contributed by atoms with van der Waals surface area (Å²) in [5.74, 6) is 0.170. The van der Waals surface area contributed by atoms with Gasteiger partial charge in [-0.05, 0) is 48.8 Å². The van der Waals surface area contributed by atoms with Crippen LogP contribution in [0.1, 0.15) is 67.4 Å². The number of rotatable bonds is 8. The lowest BCUT2D eigenvalue weighted by Crippen LogP contribution is -2.19. The highest BCUT2D eigenvalue weighted by molar-refractivity contribution is 5.91. The molecule has 0 aliphatic heterocycles. The summed E-state index contributed by atoms with van der Waals surface area (Å²) in [5, 5.41) is 0. The van der Waals surface area contributed by atoms with Crippen LogP contribution in [0.15, 0.2) is 54.6 Å². The van der Waals surface area contributed by atoms with Crippen LogP contribution in [0.2, 0.25) is 0 Å². The third-order valence-corrected chi connectivity index (χ3v) is 4.65. The van der Waals surface area contributed by atoms with Crippen molar-refractivity contribution in [2.75, 3.05) is 0 Å². The summed E-state index contributed by atoms with van der Waals surface area (Å²) in [6.45, 7) is 6.36. The summed E-state index contributed by atoms with van der Waals surface area (Å²) in [7, 11) is 0. The van der Waals surface area contributed by atoms with Crippen LogP contribution < -0.4 is 0 Å². The number of carbonyl (C=O) groups is 1. The monoisotopic (exact) mass is 324 g/mol. The normalized spacial score (nSPS) is 13.3. The van der Waals surface area contributed by atoms with E-state index in [2.05, 4.69) is 32.9 Å². The highest BCUT2D eigenvalue weighted by Gasteiger charge is 2.19. The SMILES string of the molecule is CCC(CCc1ccccc1)OC(=O)c1ccccc1C(C)CC. The number of aryl methyl sites for hydroxylation is 1. The molecule has 0 fully saturated rings. The molecule has 0 aliphatic rings. The van der Waals surface area contributed by atoms with Crippen LogP contribution in [0.5, 0.6) is 0 Å². The van der Waals surface area contributed by atoms with E-state index in [0.29, 0.717) is 11.5 Å². The van der Waals surface area contributed by atoms with Crippen LogP contribution in [0.3, 0.4) is 0 Å². The maximum atomic E-state index is 12.6. The van der Waals surface area contributed by atoms with Crippen LogP contribution in [0.25, 0.3) is 0 Å². The van der Waals surface area contributed by atoms with E-state index in [1.165, 1.54) is 5.56 Å². The maximum absolute atomic E-state index is 12.6. The summed E-state index contributed by atoms with van der Waals surface area (Å²) in [6.07, 6.45) is 3.60. The van der Waals surface area contributed by atoms with E-state index in [9.17, 15) is 4.79 Å². The second-order valence-electron chi connectivity index (χ2n) is 6.36. The number of benzene rings is 2. The molecule has 0 N–H and O–H groups in total. The van der Waals surface area contributed by atoms with Gasteiger partial charge in [0.05, 0.1) is 5.56 Å². The topological polar surface area (TPSA) is 26.3 Å². The lowest BCUT2D eigenvalue weighted by Gasteiger charge is -2.19. The Bertz CT molecular complexity index is 633. The summed E-state index contributed by atoms with van der Waals surface area (Å²) in [6, 6.07) is 18.2. The molecule has 2 atom stereocenters. The smallest absolute Gasteiger partial charge is 0.338 e. The minimum absolute atomic E-state index is 0.0392. The zero-order chi connectivity index (χ0) is 17.4. The predicted octanol–water partition coefficient (Wildman–Crippen LogP) is 5.77. The van der Waals surface area contributed by atoms with E-state index in [0.717, 1.165) is 31.2 Å². The van der Waals surface area contributed by atoms with Gasteiger partial charge in [-0.15, -0.1) is 0 Å². The molecule has 128 valence electrons. The average molecular weight is 324 g/mol. The van der Waals surface area contributed by atoms with Gasteiger partial charge >= 0.3 is 5.97 Å². The number of hydrogen-bond donors (Lipinski definition) is 0. The standard InChI is InChI=1S/C22H28O2/c1-4-17(3)20-13-9-10-14-21(20)22(23)24-19(5-2)16-15-18-11-7-6-8-12-18/h6-14,17,19H,4-5,15-16H2,1-3H3. The molecule has 2 rings (SSSR count). The summed E-state index contributed by atoms with van der Waals surface area (Å²) in [5.41, 5.74) is 3.08. The van der Waals surface area contributed by atoms with Gasteiger partial charge in [-0.3, -0.25) is 0 Å². The second-order valence-corrected chi connectivity index (χ2v) is 6.36. The lowest BCUT2D eigenvalue weighted by molar-refractivity contribution is 0.0272. The molecule has 0 amide bonds. The molecule has 2 unspecified atom stereocenters. The maximum Gasteiger partial charge on any atom is 0.338 e. The highest BCUT2D eigenvalue weighted by atomic mass is 16.5. The van der Waals surface area contributed by atoms with E-state index in [4.69, 9.17) is 4.74 Å². The number of hydrogen-bond acceptors (Lipinski definition) is 2. The largest absolute Gasteiger partial charge is 0.459 e. The first-order valence-electron chi connectivity index (χ1n) is 8.99. The molecule has 0 spiro atoms. The van der Waals surface area contributed by atoms with Crippen molar-refractivity contribution in [3.8, 4) is 0 Å². The van der Waals surface area contributed by atoms with Crippen LogP contribution in [-0.2, 0) is 11.2 Å². The number of carbonyl (C=O) groups excluding carboxylic acids is 1. The molecule has 0 radical (unpaired) electrons. The van der Waals surface area contributed by atoms with Crippen LogP contribution in [0.4, 0.5) is 0 Å². The Labute approximate surface area is 145 Å². The Balaban J connectivity index is 2.02. The van der Waals surface area contributed by atoms with Crippen molar-refractivity contribution in [2.24, 2.45) is 0 Å². The first kappa shape index (κ1) is 18.3. The molecule has 0 saturated heterocycles. The van der Waals surface area contributed by atoms with Gasteiger partial charge in [-0.25, -0.2) is 4.79 Å². The molecular weight excluding hydrogens is 296 g/mol. The molecule has 2 aromatic rings. The Hall–Kier alpha value is -2.09. The van der Waals surface area contributed by atoms with Crippen molar-refractivity contribution in [1.29, 1.82) is 0 Å². The Morgan fingerprint density at radius 1 is 0.958 bits per heavy atom. The number of esters is 1. The second kappa shape index (κ2) is 9.27. The van der Waals surface area contributed by atoms with Crippen molar-refractivity contribution < 1.29 is 9.53 Å². The fourth-order valence-electron chi connectivity index (χ4n) is 2.87. The van der Waals surface area contributed by atoms with Crippen molar-refractivity contribution in [2.45, 2.75) is 58.5 Å². The van der Waals surface area contributed by atoms with Crippen molar-refractivity contribution in [3.63, 3.8) is 0 Å². The van der Waals surface area contributed by atoms with Gasteiger partial charge < -0.3 is 4.74 Å². The third kappa shape index (κ3) is 4.95. The summed E-state index contributed by atoms with van der Waals surface area (Å²) < 4.78 is 5.80. The molecular formula is C22H28O2. The van der Waals surface area contributed by atoms with Gasteiger partial charge in [-0.2, -0.15) is 0 Å². The molecule has 2 heteroatoms. The van der Waals surface area contributed by atoms with E-state index in [-0.39, 0.29) is 12.1 Å². The Kier molecular flexibility index (Phi) is 7.05.